The van der Waals surface area contributed by atoms with Crippen molar-refractivity contribution in [3.63, 3.8) is 0 Å². The molecule has 0 aromatic heterocycles. The molecule has 0 amide bonds. The van der Waals surface area contributed by atoms with Gasteiger partial charge in [-0.05, 0) is 50.8 Å². The van der Waals surface area contributed by atoms with Crippen molar-refractivity contribution in [2.75, 3.05) is 19.8 Å². The summed E-state index contributed by atoms with van der Waals surface area (Å²) in [5.41, 5.74) is 1.18. The first kappa shape index (κ1) is 15.6. The maximum absolute atomic E-state index is 5.85. The zero-order chi connectivity index (χ0) is 14.4. The summed E-state index contributed by atoms with van der Waals surface area (Å²) in [5.74, 6) is 1.62. The second-order valence-corrected chi connectivity index (χ2v) is 5.87. The molecular weight excluding hydrogens is 320 g/mol. The summed E-state index contributed by atoms with van der Waals surface area (Å²) in [6.07, 6.45) is 3.76. The van der Waals surface area contributed by atoms with Crippen molar-refractivity contribution in [3.8, 4) is 11.5 Å². The molecule has 0 bridgehead atoms. The van der Waals surface area contributed by atoms with Crippen LogP contribution in [0.2, 0.25) is 0 Å². The van der Waals surface area contributed by atoms with Gasteiger partial charge in [0.1, 0.15) is 0 Å². The minimum Gasteiger partial charge on any atom is -0.490 e. The van der Waals surface area contributed by atoms with Gasteiger partial charge in [0.05, 0.1) is 24.1 Å². The molecule has 1 aliphatic heterocycles. The van der Waals surface area contributed by atoms with Crippen LogP contribution in [0.3, 0.4) is 0 Å². The number of hydrogen-bond donors (Lipinski definition) is 0. The van der Waals surface area contributed by atoms with Crippen LogP contribution < -0.4 is 9.47 Å². The van der Waals surface area contributed by atoms with Crippen molar-refractivity contribution in [2.45, 2.75) is 44.0 Å². The second-order valence-electron chi connectivity index (χ2n) is 4.88. The molecule has 0 aliphatic carbocycles. The lowest BCUT2D eigenvalue weighted by Gasteiger charge is -2.27. The molecule has 4 heteroatoms. The van der Waals surface area contributed by atoms with Crippen LogP contribution in [0.5, 0.6) is 11.5 Å². The lowest BCUT2D eigenvalue weighted by Crippen LogP contribution is -2.23. The highest BCUT2D eigenvalue weighted by Crippen LogP contribution is 2.38. The SMILES string of the molecule is CCOc1ccc(C(Br)C2CCCCO2)cc1OCC. The fraction of sp³-hybridized carbons (Fsp3) is 0.625. The molecule has 1 saturated heterocycles. The Morgan fingerprint density at radius 1 is 1.20 bits per heavy atom. The van der Waals surface area contributed by atoms with Gasteiger partial charge in [0.15, 0.2) is 11.5 Å². The van der Waals surface area contributed by atoms with Crippen LogP contribution >= 0.6 is 15.9 Å². The van der Waals surface area contributed by atoms with E-state index in [1.807, 2.05) is 19.9 Å². The van der Waals surface area contributed by atoms with Gasteiger partial charge in [-0.25, -0.2) is 0 Å². The van der Waals surface area contributed by atoms with Gasteiger partial charge in [-0.3, -0.25) is 0 Å². The summed E-state index contributed by atoms with van der Waals surface area (Å²) < 4.78 is 17.1. The fourth-order valence-corrected chi connectivity index (χ4v) is 3.15. The number of benzene rings is 1. The predicted molar refractivity (Wildman–Crippen MR) is 84.0 cm³/mol. The zero-order valence-electron chi connectivity index (χ0n) is 12.2. The van der Waals surface area contributed by atoms with Gasteiger partial charge in [-0.1, -0.05) is 22.0 Å². The maximum Gasteiger partial charge on any atom is 0.161 e. The number of ether oxygens (including phenoxy) is 3. The van der Waals surface area contributed by atoms with Gasteiger partial charge in [0.2, 0.25) is 0 Å². The highest BCUT2D eigenvalue weighted by molar-refractivity contribution is 9.09. The Labute approximate surface area is 129 Å². The first-order valence-corrected chi connectivity index (χ1v) is 8.33. The molecule has 1 aromatic carbocycles. The predicted octanol–water partition coefficient (Wildman–Crippen LogP) is 4.49. The molecule has 1 heterocycles. The molecule has 1 aromatic rings. The van der Waals surface area contributed by atoms with Gasteiger partial charge < -0.3 is 14.2 Å². The topological polar surface area (TPSA) is 27.7 Å². The van der Waals surface area contributed by atoms with Gasteiger partial charge >= 0.3 is 0 Å². The van der Waals surface area contributed by atoms with E-state index in [2.05, 4.69) is 28.1 Å². The van der Waals surface area contributed by atoms with E-state index in [0.717, 1.165) is 24.5 Å². The Morgan fingerprint density at radius 3 is 2.60 bits per heavy atom. The van der Waals surface area contributed by atoms with Gasteiger partial charge in [0.25, 0.3) is 0 Å². The second kappa shape index (κ2) is 7.89. The Balaban J connectivity index is 2.16. The summed E-state index contributed by atoms with van der Waals surface area (Å²) in [6, 6.07) is 6.14. The van der Waals surface area contributed by atoms with E-state index in [-0.39, 0.29) is 10.9 Å². The summed E-state index contributed by atoms with van der Waals surface area (Å²) in [7, 11) is 0. The van der Waals surface area contributed by atoms with Crippen LogP contribution in [-0.4, -0.2) is 25.9 Å². The number of rotatable bonds is 6. The molecule has 1 aliphatic rings. The molecule has 20 heavy (non-hydrogen) atoms. The van der Waals surface area contributed by atoms with Crippen LogP contribution in [0.1, 0.15) is 43.5 Å². The average Bonchev–Trinajstić information content (AvgIpc) is 2.50. The van der Waals surface area contributed by atoms with E-state index in [9.17, 15) is 0 Å². The van der Waals surface area contributed by atoms with Crippen LogP contribution in [-0.2, 0) is 4.74 Å². The van der Waals surface area contributed by atoms with Crippen LogP contribution in [0, 0.1) is 0 Å². The van der Waals surface area contributed by atoms with E-state index < -0.39 is 0 Å². The quantitative estimate of drug-likeness (QED) is 0.713. The van der Waals surface area contributed by atoms with Crippen molar-refractivity contribution in [3.05, 3.63) is 23.8 Å². The van der Waals surface area contributed by atoms with Crippen LogP contribution in [0.25, 0.3) is 0 Å². The molecule has 0 N–H and O–H groups in total. The third-order valence-electron chi connectivity index (χ3n) is 3.43. The van der Waals surface area contributed by atoms with Gasteiger partial charge in [-0.2, -0.15) is 0 Å². The third kappa shape index (κ3) is 3.89. The molecule has 2 rings (SSSR count). The van der Waals surface area contributed by atoms with E-state index in [1.165, 1.54) is 18.4 Å². The molecule has 3 nitrogen and oxygen atoms in total. The molecule has 0 radical (unpaired) electrons. The average molecular weight is 343 g/mol. The minimum absolute atomic E-state index is 0.206. The van der Waals surface area contributed by atoms with E-state index >= 15 is 0 Å². The number of halogens is 1. The summed E-state index contributed by atoms with van der Waals surface area (Å²) >= 11 is 3.77. The molecule has 2 atom stereocenters. The molecule has 2 unspecified atom stereocenters. The lowest BCUT2D eigenvalue weighted by atomic mass is 10.0. The smallest absolute Gasteiger partial charge is 0.161 e. The molecule has 0 spiro atoms. The van der Waals surface area contributed by atoms with Crippen molar-refractivity contribution in [1.29, 1.82) is 0 Å². The lowest BCUT2D eigenvalue weighted by molar-refractivity contribution is 0.0160. The Morgan fingerprint density at radius 2 is 1.95 bits per heavy atom. The Bertz CT molecular complexity index is 416. The molecule has 0 saturated carbocycles. The number of alkyl halides is 1. The summed E-state index contributed by atoms with van der Waals surface area (Å²) in [5, 5.41) is 0. The van der Waals surface area contributed by atoms with Crippen LogP contribution in [0.15, 0.2) is 18.2 Å². The third-order valence-corrected chi connectivity index (χ3v) is 4.55. The van der Waals surface area contributed by atoms with Crippen molar-refractivity contribution in [2.24, 2.45) is 0 Å². The van der Waals surface area contributed by atoms with E-state index in [1.54, 1.807) is 0 Å². The van der Waals surface area contributed by atoms with Crippen LogP contribution in [0.4, 0.5) is 0 Å². The van der Waals surface area contributed by atoms with Crippen molar-refractivity contribution in [1.82, 2.24) is 0 Å². The minimum atomic E-state index is 0.206. The summed E-state index contributed by atoms with van der Waals surface area (Å²) in [6.45, 7) is 6.10. The van der Waals surface area contributed by atoms with Gasteiger partial charge in [-0.15, -0.1) is 0 Å². The maximum atomic E-state index is 5.85. The first-order valence-electron chi connectivity index (χ1n) is 7.41. The van der Waals surface area contributed by atoms with Gasteiger partial charge in [0, 0.05) is 6.61 Å². The molecule has 1 fully saturated rings. The standard InChI is InChI=1S/C16H23BrO3/c1-3-18-13-9-8-12(11-15(13)19-4-2)16(17)14-7-5-6-10-20-14/h8-9,11,14,16H,3-7,10H2,1-2H3. The Hall–Kier alpha value is -0.740. The highest BCUT2D eigenvalue weighted by Gasteiger charge is 2.24. The molecule has 112 valence electrons. The van der Waals surface area contributed by atoms with Crippen molar-refractivity contribution >= 4 is 15.9 Å². The molecular formula is C16H23BrO3. The fourth-order valence-electron chi connectivity index (χ4n) is 2.45. The summed E-state index contributed by atoms with van der Waals surface area (Å²) in [4.78, 5) is 0.206. The normalized spacial score (nSPS) is 20.4. The Kier molecular flexibility index (Phi) is 6.17. The largest absolute Gasteiger partial charge is 0.490 e. The number of hydrogen-bond acceptors (Lipinski definition) is 3. The first-order chi connectivity index (χ1) is 9.76. The highest BCUT2D eigenvalue weighted by atomic mass is 79.9. The zero-order valence-corrected chi connectivity index (χ0v) is 13.8. The van der Waals surface area contributed by atoms with E-state index in [0.29, 0.717) is 13.2 Å². The van der Waals surface area contributed by atoms with Crippen molar-refractivity contribution < 1.29 is 14.2 Å². The van der Waals surface area contributed by atoms with E-state index in [4.69, 9.17) is 14.2 Å². The monoisotopic (exact) mass is 342 g/mol.